The van der Waals surface area contributed by atoms with Crippen LogP contribution in [0.4, 0.5) is 4.79 Å². The number of hydrogen-bond acceptors (Lipinski definition) is 4. The monoisotopic (exact) mass is 294 g/mol. The lowest BCUT2D eigenvalue weighted by Gasteiger charge is -2.28. The van der Waals surface area contributed by atoms with Crippen LogP contribution in [0.1, 0.15) is 5.56 Å². The molecule has 1 aliphatic heterocycles. The SMILES string of the molecule is O=C(O)[C@@H](Cc1ccc(O)cc1)NC(=O)N1CCOCC1. The number of rotatable bonds is 4. The third kappa shape index (κ3) is 4.35. The summed E-state index contributed by atoms with van der Waals surface area (Å²) in [5.74, 6) is -0.979. The third-order valence-electron chi connectivity index (χ3n) is 3.27. The van der Waals surface area contributed by atoms with Gasteiger partial charge in [-0.2, -0.15) is 0 Å². The van der Waals surface area contributed by atoms with Crippen LogP contribution in [0.15, 0.2) is 24.3 Å². The number of nitrogens with zero attached hydrogens (tertiary/aromatic N) is 1. The number of urea groups is 1. The van der Waals surface area contributed by atoms with Gasteiger partial charge in [-0.1, -0.05) is 12.1 Å². The Bertz CT molecular complexity index is 497. The number of hydrogen-bond donors (Lipinski definition) is 3. The molecule has 7 nitrogen and oxygen atoms in total. The first-order valence-electron chi connectivity index (χ1n) is 6.70. The molecule has 1 heterocycles. The van der Waals surface area contributed by atoms with Crippen molar-refractivity contribution in [2.45, 2.75) is 12.5 Å². The predicted molar refractivity (Wildman–Crippen MR) is 74.2 cm³/mol. The molecule has 0 spiro atoms. The Kier molecular flexibility index (Phi) is 4.99. The average Bonchev–Trinajstić information content (AvgIpc) is 2.49. The maximum atomic E-state index is 12.0. The van der Waals surface area contributed by atoms with Gasteiger partial charge in [-0.05, 0) is 17.7 Å². The molecular formula is C14H18N2O5. The quantitative estimate of drug-likeness (QED) is 0.748. The van der Waals surface area contributed by atoms with E-state index in [4.69, 9.17) is 4.74 Å². The number of phenols is 1. The van der Waals surface area contributed by atoms with Crippen molar-refractivity contribution in [2.75, 3.05) is 26.3 Å². The van der Waals surface area contributed by atoms with Gasteiger partial charge in [-0.15, -0.1) is 0 Å². The second-order valence-corrected chi connectivity index (χ2v) is 4.81. The van der Waals surface area contributed by atoms with E-state index < -0.39 is 18.0 Å². The van der Waals surface area contributed by atoms with Crippen LogP contribution in [0, 0.1) is 0 Å². The van der Waals surface area contributed by atoms with E-state index in [0.717, 1.165) is 5.56 Å². The van der Waals surface area contributed by atoms with Crippen molar-refractivity contribution in [1.29, 1.82) is 0 Å². The first kappa shape index (κ1) is 15.1. The highest BCUT2D eigenvalue weighted by molar-refractivity contribution is 5.82. The zero-order valence-electron chi connectivity index (χ0n) is 11.5. The lowest BCUT2D eigenvalue weighted by atomic mass is 10.1. The maximum Gasteiger partial charge on any atom is 0.326 e. The molecule has 0 bridgehead atoms. The van der Waals surface area contributed by atoms with Gasteiger partial charge in [0.15, 0.2) is 0 Å². The number of morpholine rings is 1. The summed E-state index contributed by atoms with van der Waals surface area (Å²) < 4.78 is 5.15. The van der Waals surface area contributed by atoms with Gasteiger partial charge in [0.05, 0.1) is 13.2 Å². The Labute approximate surface area is 122 Å². The van der Waals surface area contributed by atoms with Crippen LogP contribution in [0.25, 0.3) is 0 Å². The van der Waals surface area contributed by atoms with Gasteiger partial charge in [0.1, 0.15) is 11.8 Å². The smallest absolute Gasteiger partial charge is 0.326 e. The van der Waals surface area contributed by atoms with Gasteiger partial charge >= 0.3 is 12.0 Å². The average molecular weight is 294 g/mol. The minimum absolute atomic E-state index is 0.114. The van der Waals surface area contributed by atoms with E-state index in [0.29, 0.717) is 26.3 Å². The number of benzene rings is 1. The van der Waals surface area contributed by atoms with Crippen LogP contribution in [0.2, 0.25) is 0 Å². The van der Waals surface area contributed by atoms with E-state index in [-0.39, 0.29) is 12.2 Å². The predicted octanol–water partition coefficient (Wildman–Crippen LogP) is 0.430. The minimum Gasteiger partial charge on any atom is -0.508 e. The van der Waals surface area contributed by atoms with Crippen LogP contribution in [0.3, 0.4) is 0 Å². The fourth-order valence-corrected chi connectivity index (χ4v) is 2.07. The van der Waals surface area contributed by atoms with Gasteiger partial charge in [-0.25, -0.2) is 9.59 Å². The molecular weight excluding hydrogens is 276 g/mol. The van der Waals surface area contributed by atoms with Crippen molar-refractivity contribution in [3.8, 4) is 5.75 Å². The van der Waals surface area contributed by atoms with Gasteiger partial charge in [0, 0.05) is 19.5 Å². The van der Waals surface area contributed by atoms with Crippen LogP contribution in [0.5, 0.6) is 5.75 Å². The molecule has 1 aromatic rings. The molecule has 1 saturated heterocycles. The van der Waals surface area contributed by atoms with Gasteiger partial charge in [0.25, 0.3) is 0 Å². The highest BCUT2D eigenvalue weighted by Gasteiger charge is 2.24. The zero-order chi connectivity index (χ0) is 15.2. The summed E-state index contributed by atoms with van der Waals surface area (Å²) >= 11 is 0. The molecule has 1 atom stereocenters. The number of phenolic OH excluding ortho intramolecular Hbond substituents is 1. The normalized spacial score (nSPS) is 16.3. The summed E-state index contributed by atoms with van der Waals surface area (Å²) in [6.07, 6.45) is 0.158. The van der Waals surface area contributed by atoms with Crippen molar-refractivity contribution in [3.63, 3.8) is 0 Å². The summed E-state index contributed by atoms with van der Waals surface area (Å²) in [5, 5.41) is 21.0. The molecule has 2 amide bonds. The number of carboxylic acid groups (broad SMARTS) is 1. The zero-order valence-corrected chi connectivity index (χ0v) is 11.5. The van der Waals surface area contributed by atoms with Gasteiger partial charge in [0.2, 0.25) is 0 Å². The number of carbonyl (C=O) groups is 2. The van der Waals surface area contributed by atoms with Crippen LogP contribution in [-0.4, -0.2) is 59.5 Å². The fraction of sp³-hybridized carbons (Fsp3) is 0.429. The molecule has 7 heteroatoms. The lowest BCUT2D eigenvalue weighted by Crippen LogP contribution is -2.51. The van der Waals surface area contributed by atoms with Crippen LogP contribution < -0.4 is 5.32 Å². The molecule has 0 radical (unpaired) electrons. The molecule has 1 aliphatic rings. The molecule has 114 valence electrons. The number of amides is 2. The number of nitrogens with one attached hydrogen (secondary N) is 1. The number of aliphatic carboxylic acids is 1. The molecule has 21 heavy (non-hydrogen) atoms. The molecule has 0 aromatic heterocycles. The van der Waals surface area contributed by atoms with Crippen LogP contribution >= 0.6 is 0 Å². The number of aromatic hydroxyl groups is 1. The molecule has 2 rings (SSSR count). The van der Waals surface area contributed by atoms with Gasteiger partial charge in [-0.3, -0.25) is 0 Å². The minimum atomic E-state index is -1.09. The van der Waals surface area contributed by atoms with E-state index in [9.17, 15) is 19.8 Å². The standard InChI is InChI=1S/C14H18N2O5/c17-11-3-1-10(2-4-11)9-12(13(18)19)15-14(20)16-5-7-21-8-6-16/h1-4,12,17H,5-9H2,(H,15,20)(H,18,19)/t12-/m1/s1. The molecule has 0 saturated carbocycles. The third-order valence-corrected chi connectivity index (χ3v) is 3.27. The van der Waals surface area contributed by atoms with Crippen molar-refractivity contribution < 1.29 is 24.5 Å². The first-order chi connectivity index (χ1) is 10.1. The van der Waals surface area contributed by atoms with E-state index >= 15 is 0 Å². The Morgan fingerprint density at radius 3 is 2.43 bits per heavy atom. The summed E-state index contributed by atoms with van der Waals surface area (Å²) in [5.41, 5.74) is 0.725. The summed E-state index contributed by atoms with van der Waals surface area (Å²) in [6.45, 7) is 1.83. The Hall–Kier alpha value is -2.28. The van der Waals surface area contributed by atoms with Crippen molar-refractivity contribution >= 4 is 12.0 Å². The topological polar surface area (TPSA) is 99.1 Å². The summed E-state index contributed by atoms with van der Waals surface area (Å²) in [6, 6.07) is 4.82. The Balaban J connectivity index is 1.96. The van der Waals surface area contributed by atoms with E-state index in [1.807, 2.05) is 0 Å². The first-order valence-corrected chi connectivity index (χ1v) is 6.70. The molecule has 1 fully saturated rings. The second-order valence-electron chi connectivity index (χ2n) is 4.81. The highest BCUT2D eigenvalue weighted by atomic mass is 16.5. The molecule has 3 N–H and O–H groups in total. The van der Waals surface area contributed by atoms with Crippen molar-refractivity contribution in [3.05, 3.63) is 29.8 Å². The largest absolute Gasteiger partial charge is 0.508 e. The number of ether oxygens (including phenoxy) is 1. The van der Waals surface area contributed by atoms with Crippen LogP contribution in [-0.2, 0) is 16.0 Å². The fourth-order valence-electron chi connectivity index (χ4n) is 2.07. The molecule has 1 aromatic carbocycles. The Morgan fingerprint density at radius 2 is 1.86 bits per heavy atom. The molecule has 0 unspecified atom stereocenters. The number of carboxylic acids is 1. The summed E-state index contributed by atoms with van der Waals surface area (Å²) in [7, 11) is 0. The van der Waals surface area contributed by atoms with E-state index in [2.05, 4.69) is 5.32 Å². The lowest BCUT2D eigenvalue weighted by molar-refractivity contribution is -0.139. The second kappa shape index (κ2) is 6.94. The van der Waals surface area contributed by atoms with Gasteiger partial charge < -0.3 is 25.2 Å². The molecule has 0 aliphatic carbocycles. The maximum absolute atomic E-state index is 12.0. The highest BCUT2D eigenvalue weighted by Crippen LogP contribution is 2.11. The Morgan fingerprint density at radius 1 is 1.24 bits per heavy atom. The summed E-state index contributed by atoms with van der Waals surface area (Å²) in [4.78, 5) is 24.8. The van der Waals surface area contributed by atoms with Crippen molar-refractivity contribution in [2.24, 2.45) is 0 Å². The van der Waals surface area contributed by atoms with E-state index in [1.165, 1.54) is 17.0 Å². The number of carbonyl (C=O) groups excluding carboxylic acids is 1. The van der Waals surface area contributed by atoms with Crippen molar-refractivity contribution in [1.82, 2.24) is 10.2 Å². The van der Waals surface area contributed by atoms with E-state index in [1.54, 1.807) is 12.1 Å².